The number of fused-ring (bicyclic) bond motifs is 1. The highest BCUT2D eigenvalue weighted by Crippen LogP contribution is 2.26. The zero-order valence-corrected chi connectivity index (χ0v) is 9.71. The number of carbonyl (C=O) groups excluding carboxylic acids is 1. The molecule has 0 unspecified atom stereocenters. The molecule has 0 saturated carbocycles. The molecule has 1 heterocycles. The molecule has 1 amide bonds. The van der Waals surface area contributed by atoms with Crippen LogP contribution in [0.5, 0.6) is 0 Å². The number of nitrogens with two attached hydrogens (primary N) is 1. The quantitative estimate of drug-likeness (QED) is 0.666. The van der Waals surface area contributed by atoms with Crippen LogP contribution >= 0.6 is 11.8 Å². The fourth-order valence-electron chi connectivity index (χ4n) is 1.33. The van der Waals surface area contributed by atoms with Crippen molar-refractivity contribution < 1.29 is 18.3 Å². The second-order valence-electron chi connectivity index (χ2n) is 3.20. The minimum Gasteiger partial charge on any atom is -0.430 e. The van der Waals surface area contributed by atoms with Crippen molar-refractivity contribution in [3.8, 4) is 0 Å². The van der Waals surface area contributed by atoms with Gasteiger partial charge < -0.3 is 14.9 Å². The van der Waals surface area contributed by atoms with Crippen LogP contribution in [0.3, 0.4) is 0 Å². The number of nitrogens with zero attached hydrogens (tertiary/aromatic N) is 1. The number of methoxy groups -OCH3 is 1. The first kappa shape index (κ1) is 11.9. The summed E-state index contributed by atoms with van der Waals surface area (Å²) in [6, 6.07) is 2.21. The minimum atomic E-state index is -0.756. The number of rotatable bonds is 4. The molecule has 0 fully saturated rings. The van der Waals surface area contributed by atoms with E-state index in [2.05, 4.69) is 4.98 Å². The summed E-state index contributed by atoms with van der Waals surface area (Å²) in [6.07, 6.45) is 0. The van der Waals surface area contributed by atoms with E-state index in [4.69, 9.17) is 14.9 Å². The second-order valence-corrected chi connectivity index (χ2v) is 4.07. The number of benzene rings is 1. The standard InChI is InChI=1S/C10H9FN2O3S/c1-15-4-17-10-13-7-3-5(11)2-6(9(12)14)8(7)16-10/h2-3H,4H2,1H3,(H2,12,14). The maximum absolute atomic E-state index is 13.2. The van der Waals surface area contributed by atoms with Crippen LogP contribution in [-0.4, -0.2) is 23.9 Å². The van der Waals surface area contributed by atoms with E-state index < -0.39 is 11.7 Å². The molecule has 0 bridgehead atoms. The summed E-state index contributed by atoms with van der Waals surface area (Å²) in [5, 5.41) is 0.301. The first-order valence-electron chi connectivity index (χ1n) is 4.63. The van der Waals surface area contributed by atoms with Crippen LogP contribution in [0.1, 0.15) is 10.4 Å². The molecular formula is C10H9FN2O3S. The molecule has 7 heteroatoms. The van der Waals surface area contributed by atoms with Gasteiger partial charge >= 0.3 is 0 Å². The Hall–Kier alpha value is -1.60. The van der Waals surface area contributed by atoms with Gasteiger partial charge in [0.1, 0.15) is 17.3 Å². The molecule has 0 aliphatic heterocycles. The van der Waals surface area contributed by atoms with E-state index in [1.165, 1.54) is 24.9 Å². The van der Waals surface area contributed by atoms with Gasteiger partial charge in [-0.3, -0.25) is 4.79 Å². The summed E-state index contributed by atoms with van der Waals surface area (Å²) < 4.78 is 23.4. The summed E-state index contributed by atoms with van der Waals surface area (Å²) in [5.41, 5.74) is 5.57. The molecule has 17 heavy (non-hydrogen) atoms. The molecule has 5 nitrogen and oxygen atoms in total. The first-order chi connectivity index (χ1) is 8.11. The number of ether oxygens (including phenoxy) is 1. The summed E-state index contributed by atoms with van der Waals surface area (Å²) in [7, 11) is 1.53. The van der Waals surface area contributed by atoms with Crippen LogP contribution in [0.2, 0.25) is 0 Å². The number of aromatic nitrogens is 1. The lowest BCUT2D eigenvalue weighted by Crippen LogP contribution is -2.11. The topological polar surface area (TPSA) is 78.4 Å². The molecule has 90 valence electrons. The van der Waals surface area contributed by atoms with Gasteiger partial charge in [-0.05, 0) is 17.8 Å². The second kappa shape index (κ2) is 4.72. The van der Waals surface area contributed by atoms with E-state index in [0.29, 0.717) is 11.2 Å². The van der Waals surface area contributed by atoms with E-state index in [-0.39, 0.29) is 16.7 Å². The fourth-order valence-corrected chi connectivity index (χ4v) is 1.86. The maximum atomic E-state index is 13.2. The zero-order chi connectivity index (χ0) is 12.4. The van der Waals surface area contributed by atoms with Crippen molar-refractivity contribution in [2.24, 2.45) is 5.73 Å². The van der Waals surface area contributed by atoms with E-state index in [9.17, 15) is 9.18 Å². The number of amides is 1. The Morgan fingerprint density at radius 2 is 2.41 bits per heavy atom. The Bertz CT molecular complexity index is 570. The molecule has 0 aliphatic rings. The molecule has 1 aromatic heterocycles. The van der Waals surface area contributed by atoms with Crippen molar-refractivity contribution in [1.29, 1.82) is 0 Å². The fraction of sp³-hybridized carbons (Fsp3) is 0.200. The molecule has 2 N–H and O–H groups in total. The van der Waals surface area contributed by atoms with Gasteiger partial charge in [0, 0.05) is 13.2 Å². The predicted octanol–water partition coefficient (Wildman–Crippen LogP) is 1.76. The first-order valence-corrected chi connectivity index (χ1v) is 5.62. The van der Waals surface area contributed by atoms with Crippen molar-refractivity contribution in [2.75, 3.05) is 13.0 Å². The Balaban J connectivity index is 2.51. The minimum absolute atomic E-state index is 0.0169. The Morgan fingerprint density at radius 3 is 3.06 bits per heavy atom. The predicted molar refractivity (Wildman–Crippen MR) is 60.2 cm³/mol. The van der Waals surface area contributed by atoms with Gasteiger partial charge in [-0.2, -0.15) is 0 Å². The van der Waals surface area contributed by atoms with Gasteiger partial charge in [-0.1, -0.05) is 0 Å². The zero-order valence-electron chi connectivity index (χ0n) is 8.90. The Morgan fingerprint density at radius 1 is 1.65 bits per heavy atom. The third-order valence-corrected chi connectivity index (χ3v) is 2.78. The highest BCUT2D eigenvalue weighted by Gasteiger charge is 2.15. The molecule has 2 rings (SSSR count). The highest BCUT2D eigenvalue weighted by atomic mass is 32.2. The highest BCUT2D eigenvalue weighted by molar-refractivity contribution is 7.98. The van der Waals surface area contributed by atoms with Gasteiger partial charge in [0.15, 0.2) is 5.58 Å². The van der Waals surface area contributed by atoms with Crippen LogP contribution in [0.4, 0.5) is 4.39 Å². The Kier molecular flexibility index (Phi) is 3.30. The number of oxazole rings is 1. The van der Waals surface area contributed by atoms with Crippen molar-refractivity contribution in [3.63, 3.8) is 0 Å². The number of primary amides is 1. The number of carbonyl (C=O) groups is 1. The molecule has 2 aromatic rings. The van der Waals surface area contributed by atoms with Gasteiger partial charge in [0.05, 0.1) is 5.56 Å². The van der Waals surface area contributed by atoms with E-state index in [1.807, 2.05) is 0 Å². The van der Waals surface area contributed by atoms with Gasteiger partial charge in [0.2, 0.25) is 0 Å². The number of hydrogen-bond donors (Lipinski definition) is 1. The maximum Gasteiger partial charge on any atom is 0.259 e. The largest absolute Gasteiger partial charge is 0.430 e. The smallest absolute Gasteiger partial charge is 0.259 e. The van der Waals surface area contributed by atoms with Crippen LogP contribution in [0.15, 0.2) is 21.8 Å². The monoisotopic (exact) mass is 256 g/mol. The normalized spacial score (nSPS) is 10.9. The van der Waals surface area contributed by atoms with Gasteiger partial charge in [0.25, 0.3) is 11.1 Å². The molecule has 0 spiro atoms. The third kappa shape index (κ3) is 2.40. The number of thioether (sulfide) groups is 1. The lowest BCUT2D eigenvalue weighted by molar-refractivity contribution is 0.100. The summed E-state index contributed by atoms with van der Waals surface area (Å²) in [5.74, 6) is -0.988. The molecule has 1 aromatic carbocycles. The number of hydrogen-bond acceptors (Lipinski definition) is 5. The molecule has 0 aliphatic carbocycles. The summed E-state index contributed by atoms with van der Waals surface area (Å²) >= 11 is 1.20. The number of halogens is 1. The SMILES string of the molecule is COCSc1nc2cc(F)cc(C(N)=O)c2o1. The van der Waals surface area contributed by atoms with Crippen molar-refractivity contribution >= 4 is 28.8 Å². The average Bonchev–Trinajstić information content (AvgIpc) is 2.67. The van der Waals surface area contributed by atoms with Crippen LogP contribution in [-0.2, 0) is 4.74 Å². The molecule has 0 radical (unpaired) electrons. The van der Waals surface area contributed by atoms with Crippen molar-refractivity contribution in [2.45, 2.75) is 5.22 Å². The van der Waals surface area contributed by atoms with E-state index >= 15 is 0 Å². The lowest BCUT2D eigenvalue weighted by atomic mass is 10.2. The van der Waals surface area contributed by atoms with Crippen LogP contribution in [0, 0.1) is 5.82 Å². The Labute approximate surface area is 100 Å². The van der Waals surface area contributed by atoms with Crippen LogP contribution in [0.25, 0.3) is 11.1 Å². The third-order valence-electron chi connectivity index (χ3n) is 2.00. The van der Waals surface area contributed by atoms with Crippen LogP contribution < -0.4 is 5.73 Å². The molecule has 0 saturated heterocycles. The summed E-state index contributed by atoms with van der Waals surface area (Å²) in [4.78, 5) is 15.1. The van der Waals surface area contributed by atoms with E-state index in [0.717, 1.165) is 6.07 Å². The lowest BCUT2D eigenvalue weighted by Gasteiger charge is -1.96. The van der Waals surface area contributed by atoms with E-state index in [1.54, 1.807) is 0 Å². The average molecular weight is 256 g/mol. The van der Waals surface area contributed by atoms with Crippen molar-refractivity contribution in [3.05, 3.63) is 23.5 Å². The molecular weight excluding hydrogens is 247 g/mol. The van der Waals surface area contributed by atoms with Gasteiger partial charge in [-0.25, -0.2) is 9.37 Å². The van der Waals surface area contributed by atoms with Crippen molar-refractivity contribution in [1.82, 2.24) is 4.98 Å². The molecule has 0 atom stereocenters. The van der Waals surface area contributed by atoms with Gasteiger partial charge in [-0.15, -0.1) is 0 Å². The summed E-state index contributed by atoms with van der Waals surface area (Å²) in [6.45, 7) is 0.